The molecule has 3 amide bonds. The number of hydrogen-bond donors (Lipinski definition) is 2. The van der Waals surface area contributed by atoms with Crippen molar-refractivity contribution in [1.82, 2.24) is 15.2 Å². The summed E-state index contributed by atoms with van der Waals surface area (Å²) in [4.78, 5) is 46.9. The van der Waals surface area contributed by atoms with Gasteiger partial charge in [0.1, 0.15) is 6.04 Å². The molecule has 190 valence electrons. The quantitative estimate of drug-likeness (QED) is 0.543. The highest BCUT2D eigenvalue weighted by Crippen LogP contribution is 2.32. The van der Waals surface area contributed by atoms with Gasteiger partial charge in [-0.05, 0) is 78.8 Å². The van der Waals surface area contributed by atoms with Crippen LogP contribution in [0.4, 0.5) is 5.69 Å². The zero-order chi connectivity index (χ0) is 26.1. The molecule has 0 bridgehead atoms. The SMILES string of the molecule is C[C@@H]1C(=O)N(C)c2cc(-c3ccncc3)ccc2C(=O)N1Cc1cccc(C(=O)NC[C@H]2C[C@@H](O)C2)c1. The van der Waals surface area contributed by atoms with Crippen molar-refractivity contribution >= 4 is 23.4 Å². The summed E-state index contributed by atoms with van der Waals surface area (Å²) < 4.78 is 0. The number of fused-ring (bicyclic) bond motifs is 1. The highest BCUT2D eigenvalue weighted by Gasteiger charge is 2.36. The van der Waals surface area contributed by atoms with Crippen LogP contribution >= 0.6 is 0 Å². The van der Waals surface area contributed by atoms with E-state index in [0.717, 1.165) is 16.7 Å². The normalized spacial score (nSPS) is 21.2. The molecule has 2 N–H and O–H groups in total. The van der Waals surface area contributed by atoms with Gasteiger partial charge in [0.2, 0.25) is 5.91 Å². The molecule has 0 saturated heterocycles. The number of carbonyl (C=O) groups excluding carboxylic acids is 3. The molecule has 1 atom stereocenters. The van der Waals surface area contributed by atoms with Crippen molar-refractivity contribution in [1.29, 1.82) is 0 Å². The predicted molar refractivity (Wildman–Crippen MR) is 140 cm³/mol. The smallest absolute Gasteiger partial charge is 0.256 e. The topological polar surface area (TPSA) is 103 Å². The summed E-state index contributed by atoms with van der Waals surface area (Å²) in [5.74, 6) is -0.307. The fraction of sp³-hybridized carbons (Fsp3) is 0.310. The third-order valence-electron chi connectivity index (χ3n) is 7.32. The zero-order valence-corrected chi connectivity index (χ0v) is 20.9. The largest absolute Gasteiger partial charge is 0.393 e. The number of pyridine rings is 1. The van der Waals surface area contributed by atoms with Gasteiger partial charge in [-0.25, -0.2) is 0 Å². The van der Waals surface area contributed by atoms with Crippen LogP contribution in [-0.4, -0.2) is 58.5 Å². The molecule has 0 unspecified atom stereocenters. The number of nitrogens with zero attached hydrogens (tertiary/aromatic N) is 3. The minimum absolute atomic E-state index is 0.185. The van der Waals surface area contributed by atoms with Crippen LogP contribution in [0.5, 0.6) is 0 Å². The number of nitrogens with one attached hydrogen (secondary N) is 1. The lowest BCUT2D eigenvalue weighted by molar-refractivity contribution is -0.122. The minimum atomic E-state index is -0.684. The molecule has 2 heterocycles. The molecule has 1 aliphatic carbocycles. The van der Waals surface area contributed by atoms with Gasteiger partial charge in [0.25, 0.3) is 11.8 Å². The average molecular weight is 499 g/mol. The van der Waals surface area contributed by atoms with Gasteiger partial charge >= 0.3 is 0 Å². The van der Waals surface area contributed by atoms with Crippen molar-refractivity contribution in [2.45, 2.75) is 38.5 Å². The average Bonchev–Trinajstić information content (AvgIpc) is 2.97. The molecule has 1 saturated carbocycles. The molecule has 8 heteroatoms. The van der Waals surface area contributed by atoms with Gasteiger partial charge in [0, 0.05) is 38.1 Å². The van der Waals surface area contributed by atoms with Crippen molar-refractivity contribution in [2.75, 3.05) is 18.5 Å². The molecule has 0 radical (unpaired) electrons. The summed E-state index contributed by atoms with van der Waals surface area (Å²) in [6.45, 7) is 2.46. The van der Waals surface area contributed by atoms with Gasteiger partial charge in [0.05, 0.1) is 17.4 Å². The van der Waals surface area contributed by atoms with Crippen molar-refractivity contribution < 1.29 is 19.5 Å². The Morgan fingerprint density at radius 1 is 1.05 bits per heavy atom. The van der Waals surface area contributed by atoms with Gasteiger partial charge in [-0.3, -0.25) is 19.4 Å². The van der Waals surface area contributed by atoms with Gasteiger partial charge in [-0.15, -0.1) is 0 Å². The molecular formula is C29H30N4O4. The molecule has 1 fully saturated rings. The summed E-state index contributed by atoms with van der Waals surface area (Å²) in [6, 6.07) is 15.7. The molecule has 2 aliphatic rings. The van der Waals surface area contributed by atoms with E-state index < -0.39 is 6.04 Å². The van der Waals surface area contributed by atoms with E-state index in [4.69, 9.17) is 0 Å². The number of amides is 3. The maximum absolute atomic E-state index is 13.7. The standard InChI is InChI=1S/C29H30N4O4/c1-18-28(36)32(2)26-15-22(21-8-10-30-11-9-21)6-7-25(26)29(37)33(18)17-19-4-3-5-23(12-19)27(35)31-16-20-13-24(34)14-20/h3-12,15,18,20,24,34H,13-14,16-17H2,1-2H3,(H,31,35)/t18-,20-,24+/m1/s1. The number of rotatable bonds is 6. The Labute approximate surface area is 215 Å². The second kappa shape index (κ2) is 10.1. The van der Waals surface area contributed by atoms with Crippen LogP contribution in [0.2, 0.25) is 0 Å². The molecule has 1 aromatic heterocycles. The summed E-state index contributed by atoms with van der Waals surface area (Å²) in [5, 5.41) is 12.4. The van der Waals surface area contributed by atoms with Crippen LogP contribution in [0.1, 0.15) is 46.0 Å². The number of aromatic nitrogens is 1. The lowest BCUT2D eigenvalue weighted by Crippen LogP contribution is -2.45. The van der Waals surface area contributed by atoms with E-state index >= 15 is 0 Å². The van der Waals surface area contributed by atoms with Crippen LogP contribution < -0.4 is 10.2 Å². The molecular weight excluding hydrogens is 468 g/mol. The molecule has 1 aliphatic heterocycles. The Balaban J connectivity index is 1.38. The zero-order valence-electron chi connectivity index (χ0n) is 20.9. The van der Waals surface area contributed by atoms with Crippen LogP contribution in [0.15, 0.2) is 67.0 Å². The summed E-state index contributed by atoms with van der Waals surface area (Å²) in [6.07, 6.45) is 4.58. The molecule has 0 spiro atoms. The first-order valence-corrected chi connectivity index (χ1v) is 12.5. The number of anilines is 1. The number of benzene rings is 2. The van der Waals surface area contributed by atoms with Crippen molar-refractivity contribution in [3.8, 4) is 11.1 Å². The van der Waals surface area contributed by atoms with E-state index in [0.29, 0.717) is 42.1 Å². The van der Waals surface area contributed by atoms with Gasteiger partial charge < -0.3 is 20.2 Å². The van der Waals surface area contributed by atoms with Crippen LogP contribution in [0, 0.1) is 5.92 Å². The van der Waals surface area contributed by atoms with Gasteiger partial charge in [0.15, 0.2) is 0 Å². The molecule has 5 rings (SSSR count). The summed E-state index contributed by atoms with van der Waals surface area (Å²) >= 11 is 0. The Bertz CT molecular complexity index is 1340. The number of likely N-dealkylation sites (N-methyl/N-ethyl adjacent to an activating group) is 1. The third kappa shape index (κ3) is 4.97. The molecule has 3 aromatic rings. The maximum atomic E-state index is 13.7. The highest BCUT2D eigenvalue weighted by molar-refractivity contribution is 6.11. The van der Waals surface area contributed by atoms with Crippen LogP contribution in [-0.2, 0) is 11.3 Å². The Hall–Kier alpha value is -4.04. The predicted octanol–water partition coefficient (Wildman–Crippen LogP) is 3.26. The highest BCUT2D eigenvalue weighted by atomic mass is 16.3. The third-order valence-corrected chi connectivity index (χ3v) is 7.32. The van der Waals surface area contributed by atoms with Crippen molar-refractivity contribution in [3.63, 3.8) is 0 Å². The fourth-order valence-corrected chi connectivity index (χ4v) is 5.00. The van der Waals surface area contributed by atoms with E-state index in [1.165, 1.54) is 0 Å². The fourth-order valence-electron chi connectivity index (χ4n) is 5.00. The van der Waals surface area contributed by atoms with Crippen molar-refractivity contribution in [3.05, 3.63) is 83.7 Å². The number of aliphatic hydroxyl groups excluding tert-OH is 1. The molecule has 2 aromatic carbocycles. The van der Waals surface area contributed by atoms with E-state index in [-0.39, 0.29) is 30.4 Å². The lowest BCUT2D eigenvalue weighted by Gasteiger charge is -2.31. The molecule has 8 nitrogen and oxygen atoms in total. The minimum Gasteiger partial charge on any atom is -0.393 e. The lowest BCUT2D eigenvalue weighted by atomic mass is 9.82. The van der Waals surface area contributed by atoms with Gasteiger partial charge in [-0.1, -0.05) is 18.2 Å². The second-order valence-electron chi connectivity index (χ2n) is 9.88. The summed E-state index contributed by atoms with van der Waals surface area (Å²) in [5.41, 5.74) is 4.12. The summed E-state index contributed by atoms with van der Waals surface area (Å²) in [7, 11) is 1.69. The second-order valence-corrected chi connectivity index (χ2v) is 9.88. The Morgan fingerprint density at radius 3 is 2.54 bits per heavy atom. The first-order chi connectivity index (χ1) is 17.8. The van der Waals surface area contributed by atoms with Crippen LogP contribution in [0.25, 0.3) is 11.1 Å². The maximum Gasteiger partial charge on any atom is 0.256 e. The number of carbonyl (C=O) groups is 3. The van der Waals surface area contributed by atoms with Crippen LogP contribution in [0.3, 0.4) is 0 Å². The Kier molecular flexibility index (Phi) is 6.76. The molecule has 37 heavy (non-hydrogen) atoms. The van der Waals surface area contributed by atoms with Gasteiger partial charge in [-0.2, -0.15) is 0 Å². The Morgan fingerprint density at radius 2 is 1.81 bits per heavy atom. The van der Waals surface area contributed by atoms with E-state index in [9.17, 15) is 19.5 Å². The van der Waals surface area contributed by atoms with E-state index in [2.05, 4.69) is 10.3 Å². The van der Waals surface area contributed by atoms with E-state index in [1.54, 1.807) is 60.4 Å². The number of hydrogen-bond acceptors (Lipinski definition) is 5. The first kappa shape index (κ1) is 24.6. The number of aliphatic hydroxyl groups is 1. The monoisotopic (exact) mass is 498 g/mol. The first-order valence-electron chi connectivity index (χ1n) is 12.5. The van der Waals surface area contributed by atoms with E-state index in [1.807, 2.05) is 30.3 Å². The van der Waals surface area contributed by atoms with Crippen molar-refractivity contribution in [2.24, 2.45) is 5.92 Å².